The van der Waals surface area contributed by atoms with Crippen molar-refractivity contribution in [3.63, 3.8) is 0 Å². The summed E-state index contributed by atoms with van der Waals surface area (Å²) in [6.45, 7) is 6.05. The van der Waals surface area contributed by atoms with Crippen LogP contribution in [0.5, 0.6) is 0 Å². The second-order valence-corrected chi connectivity index (χ2v) is 8.85. The van der Waals surface area contributed by atoms with Crippen molar-refractivity contribution in [1.29, 1.82) is 0 Å². The zero-order valence-electron chi connectivity index (χ0n) is 14.7. The maximum atomic E-state index is 6.14. The molecule has 0 N–H and O–H groups in total. The van der Waals surface area contributed by atoms with Crippen LogP contribution < -0.4 is 0 Å². The Balaban J connectivity index is 0.00000117. The largest absolute Gasteiger partial charge is 0.0900 e. The molecule has 0 heterocycles. The van der Waals surface area contributed by atoms with E-state index < -0.39 is 0 Å². The van der Waals surface area contributed by atoms with Crippen molar-refractivity contribution in [2.24, 2.45) is 0 Å². The average Bonchev–Trinajstić information content (AvgIpc) is 2.55. The SMILES string of the molecule is CC.Cc1cc(Cl)cc(Sc2cccc(Sc3cc(Cl)cc(Cl)c3)c2)c1. The van der Waals surface area contributed by atoms with E-state index in [1.54, 1.807) is 29.6 Å². The number of hydrogen-bond acceptors (Lipinski definition) is 2. The maximum Gasteiger partial charge on any atom is 0.0432 e. The number of benzene rings is 3. The molecule has 0 saturated heterocycles. The van der Waals surface area contributed by atoms with Gasteiger partial charge in [0.15, 0.2) is 0 Å². The van der Waals surface area contributed by atoms with E-state index >= 15 is 0 Å². The Morgan fingerprint density at radius 2 is 1.04 bits per heavy atom. The molecule has 0 spiro atoms. The highest BCUT2D eigenvalue weighted by Gasteiger charge is 2.04. The second-order valence-electron chi connectivity index (χ2n) is 5.25. The molecular formula is C21H19Cl3S2. The molecule has 0 saturated carbocycles. The quantitative estimate of drug-likeness (QED) is 0.395. The fourth-order valence-electron chi connectivity index (χ4n) is 2.22. The molecule has 0 aliphatic rings. The van der Waals surface area contributed by atoms with E-state index in [-0.39, 0.29) is 0 Å². The van der Waals surface area contributed by atoms with Crippen molar-refractivity contribution in [3.8, 4) is 0 Å². The molecule has 0 fully saturated rings. The van der Waals surface area contributed by atoms with Crippen molar-refractivity contribution >= 4 is 58.3 Å². The molecule has 0 aliphatic carbocycles. The molecule has 0 aliphatic heterocycles. The van der Waals surface area contributed by atoms with Crippen LogP contribution in [0.2, 0.25) is 15.1 Å². The molecule has 0 unspecified atom stereocenters. The fraction of sp³-hybridized carbons (Fsp3) is 0.143. The Kier molecular flexibility index (Phi) is 8.72. The lowest BCUT2D eigenvalue weighted by atomic mass is 10.2. The summed E-state index contributed by atoms with van der Waals surface area (Å²) in [6.07, 6.45) is 0. The van der Waals surface area contributed by atoms with Gasteiger partial charge in [0, 0.05) is 34.6 Å². The maximum absolute atomic E-state index is 6.14. The minimum atomic E-state index is 0.643. The van der Waals surface area contributed by atoms with E-state index in [9.17, 15) is 0 Å². The molecule has 26 heavy (non-hydrogen) atoms. The second kappa shape index (κ2) is 10.5. The Bertz CT molecular complexity index is 770. The summed E-state index contributed by atoms with van der Waals surface area (Å²) < 4.78 is 0. The lowest BCUT2D eigenvalue weighted by molar-refractivity contribution is 1.30. The van der Waals surface area contributed by atoms with Gasteiger partial charge in [-0.25, -0.2) is 0 Å². The molecule has 5 heteroatoms. The Morgan fingerprint density at radius 1 is 0.577 bits per heavy atom. The fourth-order valence-corrected chi connectivity index (χ4v) is 5.32. The monoisotopic (exact) mass is 440 g/mol. The van der Waals surface area contributed by atoms with Crippen molar-refractivity contribution in [2.45, 2.75) is 40.4 Å². The summed E-state index contributed by atoms with van der Waals surface area (Å²) in [5, 5.41) is 2.05. The summed E-state index contributed by atoms with van der Waals surface area (Å²) in [5.41, 5.74) is 1.16. The molecule has 3 rings (SSSR count). The number of rotatable bonds is 4. The predicted octanol–water partition coefficient (Wildman–Crippen LogP) is 9.28. The molecule has 0 bridgehead atoms. The lowest BCUT2D eigenvalue weighted by Gasteiger charge is -2.07. The first-order valence-corrected chi connectivity index (χ1v) is 10.9. The minimum Gasteiger partial charge on any atom is -0.0900 e. The molecule has 3 aromatic rings. The summed E-state index contributed by atoms with van der Waals surface area (Å²) >= 11 is 21.6. The van der Waals surface area contributed by atoms with Crippen LogP contribution in [0.4, 0.5) is 0 Å². The van der Waals surface area contributed by atoms with Gasteiger partial charge in [-0.05, 0) is 67.1 Å². The standard InChI is InChI=1S/C19H13Cl3S2.C2H6/c1-12-5-13(20)8-18(6-12)23-16-3-2-4-17(11-16)24-19-9-14(21)7-15(22)10-19;1-2/h2-11H,1H3;1-2H3. The first kappa shape index (κ1) is 21.5. The van der Waals surface area contributed by atoms with E-state index in [1.165, 1.54) is 0 Å². The molecule has 0 radical (unpaired) electrons. The Morgan fingerprint density at radius 3 is 1.54 bits per heavy atom. The van der Waals surface area contributed by atoms with E-state index in [1.807, 2.05) is 51.1 Å². The van der Waals surface area contributed by atoms with Gasteiger partial charge in [0.1, 0.15) is 0 Å². The van der Waals surface area contributed by atoms with Crippen LogP contribution in [0.3, 0.4) is 0 Å². The summed E-state index contributed by atoms with van der Waals surface area (Å²) in [5.74, 6) is 0. The van der Waals surface area contributed by atoms with Crippen molar-refractivity contribution in [3.05, 3.63) is 81.3 Å². The van der Waals surface area contributed by atoms with E-state index in [0.717, 1.165) is 30.2 Å². The average molecular weight is 442 g/mol. The molecule has 0 atom stereocenters. The van der Waals surface area contributed by atoms with Crippen LogP contribution >= 0.6 is 58.3 Å². The lowest BCUT2D eigenvalue weighted by Crippen LogP contribution is -1.79. The topological polar surface area (TPSA) is 0 Å². The van der Waals surface area contributed by atoms with E-state index in [2.05, 4.69) is 24.3 Å². The third kappa shape index (κ3) is 6.75. The van der Waals surface area contributed by atoms with Gasteiger partial charge in [-0.15, -0.1) is 0 Å². The van der Waals surface area contributed by atoms with Crippen molar-refractivity contribution in [1.82, 2.24) is 0 Å². The number of halogens is 3. The highest BCUT2D eigenvalue weighted by molar-refractivity contribution is 8.00. The molecular weight excluding hydrogens is 423 g/mol. The number of hydrogen-bond donors (Lipinski definition) is 0. The Labute approximate surface area is 179 Å². The van der Waals surface area contributed by atoms with Gasteiger partial charge in [0.2, 0.25) is 0 Å². The third-order valence-corrected chi connectivity index (χ3v) is 5.71. The zero-order valence-corrected chi connectivity index (χ0v) is 18.6. The van der Waals surface area contributed by atoms with Crippen LogP contribution in [0, 0.1) is 6.92 Å². The van der Waals surface area contributed by atoms with Crippen molar-refractivity contribution < 1.29 is 0 Å². The van der Waals surface area contributed by atoms with Gasteiger partial charge >= 0.3 is 0 Å². The summed E-state index contributed by atoms with van der Waals surface area (Å²) in [6, 6.07) is 20.0. The third-order valence-electron chi connectivity index (χ3n) is 3.13. The number of aryl methyl sites for hydroxylation is 1. The minimum absolute atomic E-state index is 0.643. The van der Waals surface area contributed by atoms with Gasteiger partial charge in [0.05, 0.1) is 0 Å². The van der Waals surface area contributed by atoms with E-state index in [0.29, 0.717) is 10.0 Å². The Hall–Kier alpha value is -0.770. The smallest absolute Gasteiger partial charge is 0.0432 e. The molecule has 136 valence electrons. The molecule has 0 aromatic heterocycles. The predicted molar refractivity (Wildman–Crippen MR) is 119 cm³/mol. The van der Waals surface area contributed by atoms with Crippen LogP contribution in [0.15, 0.2) is 80.2 Å². The summed E-state index contributed by atoms with van der Waals surface area (Å²) in [4.78, 5) is 4.45. The van der Waals surface area contributed by atoms with Crippen LogP contribution in [-0.2, 0) is 0 Å². The molecule has 3 aromatic carbocycles. The van der Waals surface area contributed by atoms with Crippen LogP contribution in [-0.4, -0.2) is 0 Å². The molecule has 0 amide bonds. The van der Waals surface area contributed by atoms with Gasteiger partial charge in [0.25, 0.3) is 0 Å². The van der Waals surface area contributed by atoms with Gasteiger partial charge in [-0.3, -0.25) is 0 Å². The normalized spacial score (nSPS) is 10.2. The first-order valence-electron chi connectivity index (χ1n) is 8.17. The highest BCUT2D eigenvalue weighted by Crippen LogP contribution is 2.36. The van der Waals surface area contributed by atoms with Gasteiger partial charge in [-0.1, -0.05) is 78.2 Å². The van der Waals surface area contributed by atoms with Gasteiger partial charge in [-0.2, -0.15) is 0 Å². The molecule has 0 nitrogen and oxygen atoms in total. The first-order chi connectivity index (χ1) is 12.5. The highest BCUT2D eigenvalue weighted by atomic mass is 35.5. The van der Waals surface area contributed by atoms with Crippen LogP contribution in [0.1, 0.15) is 19.4 Å². The van der Waals surface area contributed by atoms with Crippen molar-refractivity contribution in [2.75, 3.05) is 0 Å². The summed E-state index contributed by atoms with van der Waals surface area (Å²) in [7, 11) is 0. The van der Waals surface area contributed by atoms with Crippen LogP contribution in [0.25, 0.3) is 0 Å². The zero-order chi connectivity index (χ0) is 19.1. The van der Waals surface area contributed by atoms with Gasteiger partial charge < -0.3 is 0 Å². The van der Waals surface area contributed by atoms with E-state index in [4.69, 9.17) is 34.8 Å².